The highest BCUT2D eigenvalue weighted by atomic mass is 35.5. The van der Waals surface area contributed by atoms with Gasteiger partial charge in [0.1, 0.15) is 12.6 Å². The van der Waals surface area contributed by atoms with Crippen LogP contribution in [0.15, 0.2) is 83.8 Å². The first-order chi connectivity index (χ1) is 19.5. The van der Waals surface area contributed by atoms with E-state index in [2.05, 4.69) is 5.32 Å². The molecular weight excluding hydrogens is 591 g/mol. The minimum atomic E-state index is -4.87. The fraction of sp³-hybridized carbons (Fsp3) is 0.333. The molecule has 0 aliphatic heterocycles. The van der Waals surface area contributed by atoms with Gasteiger partial charge in [-0.1, -0.05) is 60.1 Å². The lowest BCUT2D eigenvalue weighted by Gasteiger charge is -2.33. The fourth-order valence-electron chi connectivity index (χ4n) is 4.18. The number of anilines is 1. The second-order valence-electron chi connectivity index (χ2n) is 10.7. The van der Waals surface area contributed by atoms with Crippen LogP contribution in [0, 0.1) is 0 Å². The highest BCUT2D eigenvalue weighted by Crippen LogP contribution is 2.38. The molecule has 3 aromatic carbocycles. The zero-order valence-corrected chi connectivity index (χ0v) is 25.2. The molecule has 7 nitrogen and oxygen atoms in total. The van der Waals surface area contributed by atoms with Crippen LogP contribution in [0.25, 0.3) is 0 Å². The molecule has 0 saturated carbocycles. The third kappa shape index (κ3) is 8.48. The van der Waals surface area contributed by atoms with Crippen molar-refractivity contribution in [1.82, 2.24) is 10.2 Å². The smallest absolute Gasteiger partial charge is 0.350 e. The van der Waals surface area contributed by atoms with Crippen molar-refractivity contribution >= 4 is 39.1 Å². The third-order valence-corrected chi connectivity index (χ3v) is 8.42. The Hall–Kier alpha value is -3.57. The summed E-state index contributed by atoms with van der Waals surface area (Å²) in [6.07, 6.45) is -4.52. The summed E-state index contributed by atoms with van der Waals surface area (Å²) in [6, 6.07) is 17.9. The Morgan fingerprint density at radius 2 is 1.50 bits per heavy atom. The van der Waals surface area contributed by atoms with Crippen molar-refractivity contribution in [3.63, 3.8) is 0 Å². The van der Waals surface area contributed by atoms with E-state index in [1.165, 1.54) is 36.1 Å². The Labute approximate surface area is 249 Å². The van der Waals surface area contributed by atoms with Gasteiger partial charge >= 0.3 is 6.18 Å². The van der Waals surface area contributed by atoms with Gasteiger partial charge in [0, 0.05) is 12.1 Å². The van der Waals surface area contributed by atoms with E-state index in [4.69, 9.17) is 11.6 Å². The second kappa shape index (κ2) is 13.2. The first kappa shape index (κ1) is 32.9. The van der Waals surface area contributed by atoms with Gasteiger partial charge in [0.05, 0.1) is 21.2 Å². The molecule has 0 radical (unpaired) electrons. The number of amides is 2. The highest BCUT2D eigenvalue weighted by molar-refractivity contribution is 7.92. The molecule has 0 spiro atoms. The summed E-state index contributed by atoms with van der Waals surface area (Å²) < 4.78 is 69.3. The van der Waals surface area contributed by atoms with E-state index in [1.807, 2.05) is 30.3 Å². The Kier molecular flexibility index (Phi) is 10.3. The van der Waals surface area contributed by atoms with Crippen LogP contribution in [-0.2, 0) is 32.2 Å². The molecule has 0 aromatic heterocycles. The van der Waals surface area contributed by atoms with Gasteiger partial charge in [-0.15, -0.1) is 0 Å². The number of nitrogens with zero attached hydrogens (tertiary/aromatic N) is 2. The standard InChI is InChI=1S/C30H33ClF3N3O4S/c1-21(28(39)35-29(2,3)4)36(18-17-22-11-7-5-8-12-22)27(38)20-37(42(40,41)24-13-9-6-10-14-24)23-15-16-26(31)25(19-23)30(32,33)34/h5-16,19,21H,17-18,20H2,1-4H3,(H,35,39). The first-order valence-electron chi connectivity index (χ1n) is 13.1. The molecule has 226 valence electrons. The summed E-state index contributed by atoms with van der Waals surface area (Å²) in [6.45, 7) is 6.04. The summed E-state index contributed by atoms with van der Waals surface area (Å²) in [5.74, 6) is -1.24. The lowest BCUT2D eigenvalue weighted by atomic mass is 10.1. The monoisotopic (exact) mass is 623 g/mol. The Bertz CT molecular complexity index is 1500. The van der Waals surface area contributed by atoms with Crippen molar-refractivity contribution in [2.75, 3.05) is 17.4 Å². The molecule has 1 unspecified atom stereocenters. The van der Waals surface area contributed by atoms with Gasteiger partial charge in [-0.25, -0.2) is 8.42 Å². The van der Waals surface area contributed by atoms with E-state index >= 15 is 0 Å². The molecule has 1 atom stereocenters. The van der Waals surface area contributed by atoms with Gasteiger partial charge in [-0.05, 0) is 70.0 Å². The first-order valence-corrected chi connectivity index (χ1v) is 14.9. The van der Waals surface area contributed by atoms with Crippen molar-refractivity contribution in [1.29, 1.82) is 0 Å². The molecule has 0 heterocycles. The van der Waals surface area contributed by atoms with Crippen molar-refractivity contribution in [2.45, 2.75) is 56.8 Å². The van der Waals surface area contributed by atoms with Gasteiger partial charge in [0.15, 0.2) is 0 Å². The van der Waals surface area contributed by atoms with Crippen molar-refractivity contribution in [3.05, 3.63) is 95.0 Å². The lowest BCUT2D eigenvalue weighted by molar-refractivity contribution is -0.139. The average molecular weight is 624 g/mol. The average Bonchev–Trinajstić information content (AvgIpc) is 2.91. The number of carbonyl (C=O) groups is 2. The number of rotatable bonds is 10. The fourth-order valence-corrected chi connectivity index (χ4v) is 5.83. The number of carbonyl (C=O) groups excluding carboxylic acids is 2. The van der Waals surface area contributed by atoms with Gasteiger partial charge < -0.3 is 10.2 Å². The van der Waals surface area contributed by atoms with Crippen LogP contribution < -0.4 is 9.62 Å². The van der Waals surface area contributed by atoms with Crippen LogP contribution in [0.2, 0.25) is 5.02 Å². The maximum Gasteiger partial charge on any atom is 0.417 e. The molecule has 0 saturated heterocycles. The molecular formula is C30H33ClF3N3O4S. The molecule has 1 N–H and O–H groups in total. The number of sulfonamides is 1. The summed E-state index contributed by atoms with van der Waals surface area (Å²) in [7, 11) is -4.52. The maximum atomic E-state index is 13.9. The quantitative estimate of drug-likeness (QED) is 0.303. The minimum Gasteiger partial charge on any atom is -0.350 e. The second-order valence-corrected chi connectivity index (χ2v) is 13.0. The largest absolute Gasteiger partial charge is 0.417 e. The predicted octanol–water partition coefficient (Wildman–Crippen LogP) is 5.93. The van der Waals surface area contributed by atoms with E-state index in [-0.39, 0.29) is 11.4 Å². The Morgan fingerprint density at radius 1 is 0.929 bits per heavy atom. The molecule has 0 aliphatic carbocycles. The highest BCUT2D eigenvalue weighted by Gasteiger charge is 2.37. The molecule has 0 fully saturated rings. The molecule has 3 rings (SSSR count). The summed E-state index contributed by atoms with van der Waals surface area (Å²) in [4.78, 5) is 28.0. The SMILES string of the molecule is CC(C(=O)NC(C)(C)C)N(CCc1ccccc1)C(=O)CN(c1ccc(Cl)c(C(F)(F)F)c1)S(=O)(=O)c1ccccc1. The van der Waals surface area contributed by atoms with Crippen molar-refractivity contribution < 1.29 is 31.2 Å². The number of benzene rings is 3. The predicted molar refractivity (Wildman–Crippen MR) is 157 cm³/mol. The third-order valence-electron chi connectivity index (χ3n) is 6.30. The Morgan fingerprint density at radius 3 is 2.05 bits per heavy atom. The molecule has 0 aliphatic rings. The van der Waals surface area contributed by atoms with E-state index in [1.54, 1.807) is 26.8 Å². The van der Waals surface area contributed by atoms with Crippen LogP contribution in [0.4, 0.5) is 18.9 Å². The molecule has 12 heteroatoms. The zero-order valence-electron chi connectivity index (χ0n) is 23.7. The number of nitrogens with one attached hydrogen (secondary N) is 1. The summed E-state index contributed by atoms with van der Waals surface area (Å²) >= 11 is 5.79. The number of halogens is 4. The van der Waals surface area contributed by atoms with Crippen molar-refractivity contribution in [2.24, 2.45) is 0 Å². The number of hydrogen-bond donors (Lipinski definition) is 1. The van der Waals surface area contributed by atoms with Crippen LogP contribution in [0.1, 0.15) is 38.8 Å². The number of alkyl halides is 3. The minimum absolute atomic E-state index is 0.0508. The van der Waals surface area contributed by atoms with E-state index in [0.29, 0.717) is 16.8 Å². The van der Waals surface area contributed by atoms with E-state index in [9.17, 15) is 31.2 Å². The van der Waals surface area contributed by atoms with Gasteiger partial charge in [0.2, 0.25) is 11.8 Å². The topological polar surface area (TPSA) is 86.8 Å². The molecule has 0 bridgehead atoms. The summed E-state index contributed by atoms with van der Waals surface area (Å²) in [5, 5.41) is 2.20. The van der Waals surface area contributed by atoms with Gasteiger partial charge in [-0.3, -0.25) is 13.9 Å². The molecule has 3 aromatic rings. The van der Waals surface area contributed by atoms with Crippen LogP contribution in [0.3, 0.4) is 0 Å². The number of hydrogen-bond acceptors (Lipinski definition) is 4. The van der Waals surface area contributed by atoms with Crippen LogP contribution in [0.5, 0.6) is 0 Å². The van der Waals surface area contributed by atoms with Gasteiger partial charge in [-0.2, -0.15) is 13.2 Å². The van der Waals surface area contributed by atoms with Crippen molar-refractivity contribution in [3.8, 4) is 0 Å². The Balaban J connectivity index is 2.07. The maximum absolute atomic E-state index is 13.9. The van der Waals surface area contributed by atoms with E-state index in [0.717, 1.165) is 17.7 Å². The molecule has 2 amide bonds. The van der Waals surface area contributed by atoms with Crippen LogP contribution >= 0.6 is 11.6 Å². The summed E-state index contributed by atoms with van der Waals surface area (Å²) in [5.41, 5.74) is -1.39. The van der Waals surface area contributed by atoms with Crippen LogP contribution in [-0.4, -0.2) is 49.8 Å². The zero-order chi connectivity index (χ0) is 31.3. The normalized spacial score (nSPS) is 12.9. The van der Waals surface area contributed by atoms with E-state index < -0.39 is 62.4 Å². The van der Waals surface area contributed by atoms with Gasteiger partial charge in [0.25, 0.3) is 10.0 Å². The molecule has 42 heavy (non-hydrogen) atoms. The lowest BCUT2D eigenvalue weighted by Crippen LogP contribution is -2.55.